The Balaban J connectivity index is 2.28. The molecule has 0 radical (unpaired) electrons. The van der Waals surface area contributed by atoms with Crippen molar-refractivity contribution in [3.05, 3.63) is 48.0 Å². The van der Waals surface area contributed by atoms with Crippen LogP contribution in [0.4, 0.5) is 0 Å². The van der Waals surface area contributed by atoms with Crippen LogP contribution in [-0.4, -0.2) is 29.0 Å². The van der Waals surface area contributed by atoms with Gasteiger partial charge in [-0.3, -0.25) is 0 Å². The van der Waals surface area contributed by atoms with Gasteiger partial charge in [-0.1, -0.05) is 48.2 Å². The first-order chi connectivity index (χ1) is 7.86. The molecule has 0 fully saturated rings. The zero-order chi connectivity index (χ0) is 11.0. The lowest BCUT2D eigenvalue weighted by Crippen LogP contribution is -2.10. The van der Waals surface area contributed by atoms with Crippen LogP contribution in [0.1, 0.15) is 5.56 Å². The Labute approximate surface area is 99.8 Å². The Morgan fingerprint density at radius 1 is 1.06 bits per heavy atom. The van der Waals surface area contributed by atoms with Crippen LogP contribution in [0.25, 0.3) is 10.8 Å². The van der Waals surface area contributed by atoms with Gasteiger partial charge in [0, 0.05) is 0 Å². The first kappa shape index (κ1) is 9.91. The third-order valence-corrected chi connectivity index (χ3v) is 4.22. The molecule has 0 aliphatic carbocycles. The molecule has 80 valence electrons. The molecule has 0 aromatic heterocycles. The maximum atomic E-state index is 2.35. The minimum absolute atomic E-state index is 1.16. The predicted octanol–water partition coefficient (Wildman–Crippen LogP) is 2.98. The first-order valence-electron chi connectivity index (χ1n) is 5.55. The number of thioether (sulfide) groups is 1. The highest BCUT2D eigenvalue weighted by atomic mass is 32.2. The topological polar surface area (TPSA) is 3.01 Å². The fourth-order valence-corrected chi connectivity index (χ4v) is 3.39. The summed E-state index contributed by atoms with van der Waals surface area (Å²) in [6.07, 6.45) is 0. The molecule has 0 amide bonds. The molecule has 2 heteroatoms. The van der Waals surface area contributed by atoms with E-state index in [1.165, 1.54) is 27.1 Å². The highest BCUT2D eigenvalue weighted by Crippen LogP contribution is 2.25. The second kappa shape index (κ2) is 3.95. The fourth-order valence-electron chi connectivity index (χ4n) is 2.19. The second-order valence-electron chi connectivity index (χ2n) is 4.10. The summed E-state index contributed by atoms with van der Waals surface area (Å²) < 4.78 is 2.35. The number of hydrogen-bond acceptors (Lipinski definition) is 1. The molecule has 1 aliphatic heterocycles. The van der Waals surface area contributed by atoms with Crippen LogP contribution in [0.15, 0.2) is 42.5 Å². The van der Waals surface area contributed by atoms with E-state index in [4.69, 9.17) is 0 Å². The van der Waals surface area contributed by atoms with Gasteiger partial charge in [0.25, 0.3) is 0 Å². The van der Waals surface area contributed by atoms with Crippen LogP contribution in [0.3, 0.4) is 0 Å². The molecule has 0 saturated carbocycles. The Morgan fingerprint density at radius 3 is 2.69 bits per heavy atom. The van der Waals surface area contributed by atoms with E-state index in [-0.39, 0.29) is 0 Å². The van der Waals surface area contributed by atoms with Gasteiger partial charge in [-0.05, 0) is 16.8 Å². The number of benzene rings is 2. The zero-order valence-electron chi connectivity index (χ0n) is 9.31. The van der Waals surface area contributed by atoms with E-state index in [0.29, 0.717) is 0 Å². The molecule has 1 nitrogen and oxygen atoms in total. The SMILES string of the molecule is C[N+]1=C(c2cccc3ccccc23)SCC1. The highest BCUT2D eigenvalue weighted by Gasteiger charge is 2.22. The van der Waals surface area contributed by atoms with Crippen molar-refractivity contribution in [2.45, 2.75) is 0 Å². The maximum absolute atomic E-state index is 2.35. The Kier molecular flexibility index (Phi) is 2.44. The second-order valence-corrected chi connectivity index (χ2v) is 5.19. The molecular weight excluding hydrogens is 214 g/mol. The Bertz CT molecular complexity index is 566. The van der Waals surface area contributed by atoms with Crippen LogP contribution in [0.5, 0.6) is 0 Å². The summed E-state index contributed by atoms with van der Waals surface area (Å²) in [5.41, 5.74) is 1.38. The van der Waals surface area contributed by atoms with Gasteiger partial charge < -0.3 is 0 Å². The number of nitrogens with zero attached hydrogens (tertiary/aromatic N) is 1. The molecule has 16 heavy (non-hydrogen) atoms. The maximum Gasteiger partial charge on any atom is 0.242 e. The summed E-state index contributed by atoms with van der Waals surface area (Å²) in [6, 6.07) is 15.2. The summed E-state index contributed by atoms with van der Waals surface area (Å²) >= 11 is 1.96. The van der Waals surface area contributed by atoms with Crippen molar-refractivity contribution < 1.29 is 4.58 Å². The largest absolute Gasteiger partial charge is 0.242 e. The van der Waals surface area contributed by atoms with E-state index in [0.717, 1.165) is 6.54 Å². The van der Waals surface area contributed by atoms with Crippen molar-refractivity contribution in [3.8, 4) is 0 Å². The zero-order valence-corrected chi connectivity index (χ0v) is 10.1. The third-order valence-electron chi connectivity index (χ3n) is 3.03. The highest BCUT2D eigenvalue weighted by molar-refractivity contribution is 8.14. The van der Waals surface area contributed by atoms with E-state index >= 15 is 0 Å². The van der Waals surface area contributed by atoms with Gasteiger partial charge in [-0.2, -0.15) is 0 Å². The number of hydrogen-bond donors (Lipinski definition) is 0. The number of rotatable bonds is 1. The third kappa shape index (κ3) is 1.54. The molecule has 0 atom stereocenters. The van der Waals surface area contributed by atoms with Crippen LogP contribution < -0.4 is 0 Å². The first-order valence-corrected chi connectivity index (χ1v) is 6.54. The lowest BCUT2D eigenvalue weighted by molar-refractivity contribution is -0.485. The molecule has 3 rings (SSSR count). The lowest BCUT2D eigenvalue weighted by atomic mass is 10.1. The summed E-state index contributed by atoms with van der Waals surface area (Å²) in [5, 5.41) is 4.10. The van der Waals surface area contributed by atoms with Crippen molar-refractivity contribution in [1.29, 1.82) is 0 Å². The van der Waals surface area contributed by atoms with Crippen molar-refractivity contribution in [2.75, 3.05) is 19.3 Å². The van der Waals surface area contributed by atoms with Crippen LogP contribution >= 0.6 is 11.8 Å². The van der Waals surface area contributed by atoms with Gasteiger partial charge in [-0.25, -0.2) is 4.58 Å². The van der Waals surface area contributed by atoms with E-state index in [9.17, 15) is 0 Å². The molecular formula is C14H14NS+. The molecule has 1 heterocycles. The summed E-state index contributed by atoms with van der Waals surface area (Å²) in [6.45, 7) is 1.16. The fraction of sp³-hybridized carbons (Fsp3) is 0.214. The van der Waals surface area contributed by atoms with Crippen LogP contribution in [-0.2, 0) is 0 Å². The van der Waals surface area contributed by atoms with Gasteiger partial charge in [0.15, 0.2) is 6.54 Å². The van der Waals surface area contributed by atoms with E-state index in [1.54, 1.807) is 0 Å². The summed E-state index contributed by atoms with van der Waals surface area (Å²) in [4.78, 5) is 0. The van der Waals surface area contributed by atoms with Gasteiger partial charge in [0.2, 0.25) is 5.04 Å². The van der Waals surface area contributed by atoms with Gasteiger partial charge >= 0.3 is 0 Å². The standard InChI is InChI=1S/C14H14NS/c1-15-9-10-16-14(15)13-8-4-6-11-5-2-3-7-12(11)13/h2-8H,9-10H2,1H3/q+1. The summed E-state index contributed by atoms with van der Waals surface area (Å²) in [7, 11) is 2.18. The monoisotopic (exact) mass is 228 g/mol. The normalized spacial score (nSPS) is 16.1. The van der Waals surface area contributed by atoms with Crippen LogP contribution in [0, 0.1) is 0 Å². The quantitative estimate of drug-likeness (QED) is 0.678. The molecule has 1 aliphatic rings. The van der Waals surface area contributed by atoms with Crippen molar-refractivity contribution >= 4 is 27.6 Å². The average Bonchev–Trinajstić information content (AvgIpc) is 2.75. The van der Waals surface area contributed by atoms with Gasteiger partial charge in [0.05, 0.1) is 11.3 Å². The smallest absolute Gasteiger partial charge is 0.226 e. The van der Waals surface area contributed by atoms with Gasteiger partial charge in [0.1, 0.15) is 7.05 Å². The van der Waals surface area contributed by atoms with E-state index in [2.05, 4.69) is 54.1 Å². The minimum atomic E-state index is 1.16. The number of fused-ring (bicyclic) bond motifs is 1. The van der Waals surface area contributed by atoms with Crippen molar-refractivity contribution in [2.24, 2.45) is 0 Å². The van der Waals surface area contributed by atoms with E-state index < -0.39 is 0 Å². The van der Waals surface area contributed by atoms with Crippen molar-refractivity contribution in [3.63, 3.8) is 0 Å². The average molecular weight is 228 g/mol. The molecule has 0 bridgehead atoms. The van der Waals surface area contributed by atoms with E-state index in [1.807, 2.05) is 11.8 Å². The molecule has 0 spiro atoms. The molecule has 0 saturated heterocycles. The lowest BCUT2D eigenvalue weighted by Gasteiger charge is -2.03. The molecule has 2 aromatic carbocycles. The molecule has 0 unspecified atom stereocenters. The summed E-state index contributed by atoms with van der Waals surface area (Å²) in [5.74, 6) is 1.20. The van der Waals surface area contributed by atoms with Crippen LogP contribution in [0.2, 0.25) is 0 Å². The minimum Gasteiger partial charge on any atom is -0.226 e. The van der Waals surface area contributed by atoms with Gasteiger partial charge in [-0.15, -0.1) is 0 Å². The molecule has 0 N–H and O–H groups in total. The Hall–Kier alpha value is -1.28. The Morgan fingerprint density at radius 2 is 1.88 bits per heavy atom. The predicted molar refractivity (Wildman–Crippen MR) is 71.6 cm³/mol. The molecule has 2 aromatic rings. The van der Waals surface area contributed by atoms with Crippen molar-refractivity contribution in [1.82, 2.24) is 0 Å².